The molecule has 2 heterocycles. The van der Waals surface area contributed by atoms with Crippen molar-refractivity contribution in [1.82, 2.24) is 14.8 Å². The molecule has 1 aliphatic rings. The number of hydrogen-bond acceptors (Lipinski definition) is 4. The van der Waals surface area contributed by atoms with Crippen LogP contribution >= 0.6 is 0 Å². The predicted molar refractivity (Wildman–Crippen MR) is 80.7 cm³/mol. The van der Waals surface area contributed by atoms with Crippen molar-refractivity contribution >= 4 is 11.7 Å². The van der Waals surface area contributed by atoms with E-state index in [1.54, 1.807) is 6.07 Å². The summed E-state index contributed by atoms with van der Waals surface area (Å²) < 4.78 is 0. The number of aromatic nitrogens is 1. The van der Waals surface area contributed by atoms with Gasteiger partial charge in [0, 0.05) is 30.4 Å². The fourth-order valence-electron chi connectivity index (χ4n) is 2.52. The Balaban J connectivity index is 2.18. The quantitative estimate of drug-likeness (QED) is 0.910. The second-order valence-electron chi connectivity index (χ2n) is 6.02. The standard InChI is InChI=1S/C15H24N4O/c1-10(2)13-7-11(8-14(16)17-13)15(20)19-6-5-12(9-19)18(3)4/h7-8,10,12H,5-6,9H2,1-4H3,(H2,16,17). The molecular weight excluding hydrogens is 252 g/mol. The van der Waals surface area contributed by atoms with Crippen LogP contribution in [0.3, 0.4) is 0 Å². The van der Waals surface area contributed by atoms with E-state index in [9.17, 15) is 4.79 Å². The number of anilines is 1. The maximum Gasteiger partial charge on any atom is 0.254 e. The predicted octanol–water partition coefficient (Wildman–Crippen LogP) is 1.56. The highest BCUT2D eigenvalue weighted by Gasteiger charge is 2.28. The molecule has 1 amide bonds. The lowest BCUT2D eigenvalue weighted by Crippen LogP contribution is -2.34. The van der Waals surface area contributed by atoms with Crippen molar-refractivity contribution in [3.8, 4) is 0 Å². The number of carbonyl (C=O) groups is 1. The number of nitrogens with zero attached hydrogens (tertiary/aromatic N) is 3. The van der Waals surface area contributed by atoms with Gasteiger partial charge in [0.2, 0.25) is 0 Å². The van der Waals surface area contributed by atoms with Crippen molar-refractivity contribution < 1.29 is 4.79 Å². The van der Waals surface area contributed by atoms with Crippen molar-refractivity contribution in [3.63, 3.8) is 0 Å². The van der Waals surface area contributed by atoms with Crippen LogP contribution < -0.4 is 5.73 Å². The molecule has 1 aromatic heterocycles. The summed E-state index contributed by atoms with van der Waals surface area (Å²) in [5, 5.41) is 0. The third kappa shape index (κ3) is 3.10. The Morgan fingerprint density at radius 2 is 2.15 bits per heavy atom. The van der Waals surface area contributed by atoms with Crippen molar-refractivity contribution in [1.29, 1.82) is 0 Å². The van der Waals surface area contributed by atoms with Gasteiger partial charge in [-0.05, 0) is 38.6 Å². The summed E-state index contributed by atoms with van der Waals surface area (Å²) in [6.07, 6.45) is 1.02. The van der Waals surface area contributed by atoms with Crippen LogP contribution in [0.15, 0.2) is 12.1 Å². The van der Waals surface area contributed by atoms with E-state index in [0.717, 1.165) is 25.2 Å². The minimum atomic E-state index is 0.0605. The Morgan fingerprint density at radius 3 is 2.70 bits per heavy atom. The summed E-state index contributed by atoms with van der Waals surface area (Å²) in [4.78, 5) is 20.9. The lowest BCUT2D eigenvalue weighted by Gasteiger charge is -2.21. The summed E-state index contributed by atoms with van der Waals surface area (Å²) in [6, 6.07) is 3.99. The summed E-state index contributed by atoms with van der Waals surface area (Å²) in [5.41, 5.74) is 7.34. The number of rotatable bonds is 3. The zero-order valence-electron chi connectivity index (χ0n) is 12.8. The number of likely N-dealkylation sites (tertiary alicyclic amines) is 1. The molecule has 1 aliphatic heterocycles. The number of hydrogen-bond donors (Lipinski definition) is 1. The Kier molecular flexibility index (Phi) is 4.28. The highest BCUT2D eigenvalue weighted by molar-refractivity contribution is 5.95. The Hall–Kier alpha value is -1.62. The van der Waals surface area contributed by atoms with Crippen molar-refractivity contribution in [2.75, 3.05) is 32.9 Å². The lowest BCUT2D eigenvalue weighted by molar-refractivity contribution is 0.0783. The minimum absolute atomic E-state index is 0.0605. The first-order valence-corrected chi connectivity index (χ1v) is 7.11. The Labute approximate surface area is 120 Å². The third-order valence-electron chi connectivity index (χ3n) is 3.88. The molecular formula is C15H24N4O. The van der Waals surface area contributed by atoms with E-state index in [1.165, 1.54) is 0 Å². The SMILES string of the molecule is CC(C)c1cc(C(=O)N2CCC(N(C)C)C2)cc(N)n1. The van der Waals surface area contributed by atoms with E-state index < -0.39 is 0 Å². The number of pyridine rings is 1. The average Bonchev–Trinajstić information content (AvgIpc) is 2.86. The van der Waals surface area contributed by atoms with Crippen LogP contribution in [-0.2, 0) is 0 Å². The van der Waals surface area contributed by atoms with Crippen molar-refractivity contribution in [3.05, 3.63) is 23.4 Å². The van der Waals surface area contributed by atoms with Gasteiger partial charge in [0.15, 0.2) is 0 Å². The highest BCUT2D eigenvalue weighted by Crippen LogP contribution is 2.20. The fraction of sp³-hybridized carbons (Fsp3) is 0.600. The van der Waals surface area contributed by atoms with Gasteiger partial charge in [-0.25, -0.2) is 4.98 Å². The average molecular weight is 276 g/mol. The second-order valence-corrected chi connectivity index (χ2v) is 6.02. The molecule has 1 aromatic rings. The van der Waals surface area contributed by atoms with E-state index in [-0.39, 0.29) is 11.8 Å². The molecule has 110 valence electrons. The minimum Gasteiger partial charge on any atom is -0.384 e. The lowest BCUT2D eigenvalue weighted by atomic mass is 10.1. The molecule has 5 heteroatoms. The van der Waals surface area contributed by atoms with Gasteiger partial charge in [0.25, 0.3) is 5.91 Å². The molecule has 1 unspecified atom stereocenters. The Morgan fingerprint density at radius 1 is 1.45 bits per heavy atom. The van der Waals surface area contributed by atoms with Crippen LogP contribution in [0.25, 0.3) is 0 Å². The maximum absolute atomic E-state index is 12.6. The molecule has 5 nitrogen and oxygen atoms in total. The summed E-state index contributed by atoms with van der Waals surface area (Å²) >= 11 is 0. The molecule has 2 rings (SSSR count). The summed E-state index contributed by atoms with van der Waals surface area (Å²) in [6.45, 7) is 5.69. The number of nitrogen functional groups attached to an aromatic ring is 1. The van der Waals surface area contributed by atoms with Gasteiger partial charge in [-0.1, -0.05) is 13.8 Å². The normalized spacial score (nSPS) is 19.1. The fourth-order valence-corrected chi connectivity index (χ4v) is 2.52. The van der Waals surface area contributed by atoms with Gasteiger partial charge in [0.05, 0.1) is 0 Å². The van der Waals surface area contributed by atoms with Gasteiger partial charge in [0.1, 0.15) is 5.82 Å². The number of nitrogens with two attached hydrogens (primary N) is 1. The van der Waals surface area contributed by atoms with Crippen LogP contribution in [0.5, 0.6) is 0 Å². The molecule has 0 saturated carbocycles. The second kappa shape index (κ2) is 5.79. The van der Waals surface area contributed by atoms with E-state index in [0.29, 0.717) is 17.4 Å². The van der Waals surface area contributed by atoms with Crippen LogP contribution in [0.4, 0.5) is 5.82 Å². The van der Waals surface area contributed by atoms with Crippen molar-refractivity contribution in [2.45, 2.75) is 32.2 Å². The van der Waals surface area contributed by atoms with E-state index in [1.807, 2.05) is 24.8 Å². The number of carbonyl (C=O) groups excluding carboxylic acids is 1. The third-order valence-corrected chi connectivity index (χ3v) is 3.88. The molecule has 20 heavy (non-hydrogen) atoms. The van der Waals surface area contributed by atoms with Crippen LogP contribution in [0.2, 0.25) is 0 Å². The molecule has 1 saturated heterocycles. The topological polar surface area (TPSA) is 62.5 Å². The number of amides is 1. The van der Waals surface area contributed by atoms with Gasteiger partial charge in [-0.2, -0.15) is 0 Å². The van der Waals surface area contributed by atoms with Crippen LogP contribution in [-0.4, -0.2) is 53.9 Å². The van der Waals surface area contributed by atoms with Crippen LogP contribution in [0.1, 0.15) is 42.2 Å². The smallest absolute Gasteiger partial charge is 0.254 e. The van der Waals surface area contributed by atoms with Crippen molar-refractivity contribution in [2.24, 2.45) is 0 Å². The molecule has 1 atom stereocenters. The Bertz CT molecular complexity index is 499. The van der Waals surface area contributed by atoms with E-state index in [4.69, 9.17) is 5.73 Å². The zero-order chi connectivity index (χ0) is 14.9. The summed E-state index contributed by atoms with van der Waals surface area (Å²) in [7, 11) is 4.11. The molecule has 1 fully saturated rings. The molecule has 2 N–H and O–H groups in total. The zero-order valence-corrected chi connectivity index (χ0v) is 12.8. The maximum atomic E-state index is 12.6. The van der Waals surface area contributed by atoms with Gasteiger partial charge in [-0.3, -0.25) is 4.79 Å². The van der Waals surface area contributed by atoms with Gasteiger partial charge in [-0.15, -0.1) is 0 Å². The molecule has 0 aromatic carbocycles. The number of likely N-dealkylation sites (N-methyl/N-ethyl adjacent to an activating group) is 1. The van der Waals surface area contributed by atoms with E-state index in [2.05, 4.69) is 24.0 Å². The molecule has 0 aliphatic carbocycles. The first kappa shape index (κ1) is 14.8. The molecule has 0 spiro atoms. The van der Waals surface area contributed by atoms with Gasteiger partial charge < -0.3 is 15.5 Å². The molecule has 0 bridgehead atoms. The van der Waals surface area contributed by atoms with Gasteiger partial charge >= 0.3 is 0 Å². The largest absolute Gasteiger partial charge is 0.384 e. The molecule has 0 radical (unpaired) electrons. The van der Waals surface area contributed by atoms with E-state index >= 15 is 0 Å². The first-order chi connectivity index (χ1) is 9.38. The highest BCUT2D eigenvalue weighted by atomic mass is 16.2. The first-order valence-electron chi connectivity index (χ1n) is 7.11. The summed E-state index contributed by atoms with van der Waals surface area (Å²) in [5.74, 6) is 0.742. The monoisotopic (exact) mass is 276 g/mol. The van der Waals surface area contributed by atoms with Crippen LogP contribution in [0, 0.1) is 0 Å².